The third-order valence-electron chi connectivity index (χ3n) is 3.39. The lowest BCUT2D eigenvalue weighted by molar-refractivity contribution is 0.471. The second-order valence-corrected chi connectivity index (χ2v) is 4.81. The third-order valence-corrected chi connectivity index (χ3v) is 3.39. The van der Waals surface area contributed by atoms with E-state index in [1.165, 1.54) is 0 Å². The summed E-state index contributed by atoms with van der Waals surface area (Å²) in [6.45, 7) is -0.552. The molecule has 0 bridgehead atoms. The van der Waals surface area contributed by atoms with Gasteiger partial charge in [-0.2, -0.15) is 10.4 Å². The van der Waals surface area contributed by atoms with Crippen LogP contribution < -0.4 is 0 Å². The van der Waals surface area contributed by atoms with E-state index in [1.807, 2.05) is 0 Å². The highest BCUT2D eigenvalue weighted by Crippen LogP contribution is 2.22. The van der Waals surface area contributed by atoms with Crippen LogP contribution in [0.5, 0.6) is 0 Å². The Kier molecular flexibility index (Phi) is 3.73. The van der Waals surface area contributed by atoms with E-state index in [0.29, 0.717) is 12.3 Å². The zero-order chi connectivity index (χ0) is 17.4. The van der Waals surface area contributed by atoms with Gasteiger partial charge in [0.2, 0.25) is 0 Å². The van der Waals surface area contributed by atoms with Crippen LogP contribution in [0, 0.1) is 40.0 Å². The second-order valence-electron chi connectivity index (χ2n) is 4.81. The van der Waals surface area contributed by atoms with Gasteiger partial charge in [-0.15, -0.1) is 0 Å². The van der Waals surface area contributed by atoms with E-state index in [-0.39, 0.29) is 22.4 Å². The third kappa shape index (κ3) is 2.38. The molecule has 3 aromatic rings. The number of hydrogen-bond donors (Lipinski definition) is 1. The van der Waals surface area contributed by atoms with Gasteiger partial charge < -0.3 is 5.41 Å². The molecule has 0 spiro atoms. The summed E-state index contributed by atoms with van der Waals surface area (Å²) in [5.41, 5.74) is -1.18. The molecule has 0 aliphatic heterocycles. The molecule has 5 nitrogen and oxygen atoms in total. The Labute approximate surface area is 132 Å². The second kappa shape index (κ2) is 5.73. The average molecular weight is 333 g/mol. The molecule has 24 heavy (non-hydrogen) atoms. The minimum absolute atomic E-state index is 0.0258. The normalized spacial score (nSPS) is 10.8. The van der Waals surface area contributed by atoms with Crippen LogP contribution in [0.3, 0.4) is 0 Å². The van der Waals surface area contributed by atoms with Crippen LogP contribution in [-0.2, 0) is 6.54 Å². The van der Waals surface area contributed by atoms with Crippen LogP contribution in [0.25, 0.3) is 11.0 Å². The lowest BCUT2D eigenvalue weighted by Gasteiger charge is -2.07. The number of nitriles is 1. The van der Waals surface area contributed by atoms with Crippen molar-refractivity contribution in [2.45, 2.75) is 6.54 Å². The van der Waals surface area contributed by atoms with Crippen molar-refractivity contribution < 1.29 is 17.6 Å². The van der Waals surface area contributed by atoms with Crippen molar-refractivity contribution in [1.82, 2.24) is 14.8 Å². The van der Waals surface area contributed by atoms with E-state index >= 15 is 0 Å². The molecule has 0 radical (unpaired) electrons. The van der Waals surface area contributed by atoms with E-state index in [0.717, 1.165) is 16.8 Å². The highest BCUT2D eigenvalue weighted by molar-refractivity contribution is 5.85. The lowest BCUT2D eigenvalue weighted by atomic mass is 10.2. The fourth-order valence-electron chi connectivity index (χ4n) is 2.24. The maximum atomic E-state index is 13.8. The molecule has 0 aliphatic rings. The molecule has 2 heterocycles. The Morgan fingerprint density at radius 2 is 1.88 bits per heavy atom. The molecule has 0 saturated heterocycles. The molecule has 2 aromatic heterocycles. The Balaban J connectivity index is 2.23. The van der Waals surface area contributed by atoms with Gasteiger partial charge >= 0.3 is 0 Å². The van der Waals surface area contributed by atoms with Gasteiger partial charge in [0.1, 0.15) is 17.6 Å². The van der Waals surface area contributed by atoms with Crippen molar-refractivity contribution in [1.29, 1.82) is 10.7 Å². The predicted octanol–water partition coefficient (Wildman–Crippen LogP) is 2.91. The summed E-state index contributed by atoms with van der Waals surface area (Å²) < 4.78 is 55.6. The number of nitrogens with one attached hydrogen (secondary N) is 1. The smallest absolute Gasteiger partial charge is 0.172 e. The predicted molar refractivity (Wildman–Crippen MR) is 75.5 cm³/mol. The number of fused-ring (bicyclic) bond motifs is 1. The van der Waals surface area contributed by atoms with Gasteiger partial charge in [0.25, 0.3) is 0 Å². The number of benzene rings is 1. The maximum absolute atomic E-state index is 13.8. The van der Waals surface area contributed by atoms with Crippen LogP contribution >= 0.6 is 0 Å². The van der Waals surface area contributed by atoms with E-state index < -0.39 is 35.4 Å². The van der Waals surface area contributed by atoms with E-state index in [2.05, 4.69) is 10.1 Å². The summed E-state index contributed by atoms with van der Waals surface area (Å²) >= 11 is 0. The minimum Gasteiger partial charge on any atom is -0.306 e. The summed E-state index contributed by atoms with van der Waals surface area (Å²) in [6.07, 6.45) is 0.654. The molecule has 120 valence electrons. The Morgan fingerprint density at radius 3 is 2.54 bits per heavy atom. The molecule has 1 N–H and O–H groups in total. The molecule has 0 aliphatic carbocycles. The van der Waals surface area contributed by atoms with E-state index in [9.17, 15) is 17.6 Å². The molecule has 0 unspecified atom stereocenters. The van der Waals surface area contributed by atoms with Gasteiger partial charge in [0, 0.05) is 11.8 Å². The Morgan fingerprint density at radius 1 is 1.17 bits per heavy atom. The van der Waals surface area contributed by atoms with Gasteiger partial charge in [-0.25, -0.2) is 27.2 Å². The fourth-order valence-corrected chi connectivity index (χ4v) is 2.24. The van der Waals surface area contributed by atoms with Crippen molar-refractivity contribution in [3.8, 4) is 6.07 Å². The number of halogens is 4. The molecule has 0 amide bonds. The van der Waals surface area contributed by atoms with E-state index in [1.54, 1.807) is 6.07 Å². The average Bonchev–Trinajstić information content (AvgIpc) is 2.91. The van der Waals surface area contributed by atoms with Crippen LogP contribution in [0.2, 0.25) is 0 Å². The Hall–Kier alpha value is -3.28. The van der Waals surface area contributed by atoms with Crippen molar-refractivity contribution >= 4 is 17.2 Å². The standard InChI is InChI=1S/C15H7F4N5/c16-9-1-2-10(17)14(19)8(9)6-24-15-7(12(4-20)23-24)3-11(18)13(5-21)22-15/h1-3,5,21H,6H2. The first-order chi connectivity index (χ1) is 11.5. The molecule has 0 atom stereocenters. The first-order valence-electron chi connectivity index (χ1n) is 6.56. The summed E-state index contributed by atoms with van der Waals surface area (Å²) in [7, 11) is 0. The molecule has 3 rings (SSSR count). The molecule has 0 saturated carbocycles. The first-order valence-corrected chi connectivity index (χ1v) is 6.56. The first kappa shape index (κ1) is 15.6. The van der Waals surface area contributed by atoms with Gasteiger partial charge in [-0.1, -0.05) is 0 Å². The maximum Gasteiger partial charge on any atom is 0.172 e. The van der Waals surface area contributed by atoms with Crippen molar-refractivity contribution in [2.24, 2.45) is 0 Å². The van der Waals surface area contributed by atoms with Crippen molar-refractivity contribution in [3.63, 3.8) is 0 Å². The van der Waals surface area contributed by atoms with Crippen LogP contribution in [0.1, 0.15) is 17.0 Å². The number of nitrogens with zero attached hydrogens (tertiary/aromatic N) is 4. The molecular weight excluding hydrogens is 326 g/mol. The van der Waals surface area contributed by atoms with Crippen LogP contribution in [0.15, 0.2) is 18.2 Å². The molecular formula is C15H7F4N5. The van der Waals surface area contributed by atoms with Crippen molar-refractivity contribution in [3.05, 3.63) is 58.4 Å². The zero-order valence-corrected chi connectivity index (χ0v) is 11.8. The monoisotopic (exact) mass is 333 g/mol. The number of rotatable bonds is 3. The van der Waals surface area contributed by atoms with Gasteiger partial charge in [0.05, 0.1) is 11.9 Å². The SMILES string of the molecule is N#Cc1nn(Cc2c(F)ccc(F)c2F)c2nc(C=N)c(F)cc12. The van der Waals surface area contributed by atoms with Gasteiger partial charge in [-0.3, -0.25) is 0 Å². The quantitative estimate of drug-likeness (QED) is 0.455. The highest BCUT2D eigenvalue weighted by Gasteiger charge is 2.19. The van der Waals surface area contributed by atoms with Crippen LogP contribution in [-0.4, -0.2) is 21.0 Å². The van der Waals surface area contributed by atoms with E-state index in [4.69, 9.17) is 10.7 Å². The summed E-state index contributed by atoms with van der Waals surface area (Å²) in [5, 5.41) is 20.0. The van der Waals surface area contributed by atoms with Gasteiger partial charge in [-0.05, 0) is 18.2 Å². The summed E-state index contributed by atoms with van der Waals surface area (Å²) in [5.74, 6) is -4.45. The minimum atomic E-state index is -1.38. The summed E-state index contributed by atoms with van der Waals surface area (Å²) in [4.78, 5) is 3.83. The number of pyridine rings is 1. The molecule has 0 fully saturated rings. The fraction of sp³-hybridized carbons (Fsp3) is 0.0667. The number of aromatic nitrogens is 3. The summed E-state index contributed by atoms with van der Waals surface area (Å²) in [6, 6.07) is 4.10. The van der Waals surface area contributed by atoms with Crippen molar-refractivity contribution in [2.75, 3.05) is 0 Å². The molecule has 1 aromatic carbocycles. The van der Waals surface area contributed by atoms with Gasteiger partial charge in [0.15, 0.2) is 28.8 Å². The Bertz CT molecular complexity index is 1020. The largest absolute Gasteiger partial charge is 0.306 e. The van der Waals surface area contributed by atoms with Crippen LogP contribution in [0.4, 0.5) is 17.6 Å². The lowest BCUT2D eigenvalue weighted by Crippen LogP contribution is -2.09. The number of hydrogen-bond acceptors (Lipinski definition) is 4. The highest BCUT2D eigenvalue weighted by atomic mass is 19.2. The zero-order valence-electron chi connectivity index (χ0n) is 11.8. The molecule has 9 heteroatoms. The topological polar surface area (TPSA) is 78.3 Å².